The number of thiol groups is 1. The Hall–Kier alpha value is -3.87. The lowest BCUT2D eigenvalue weighted by molar-refractivity contribution is -0.141. The van der Waals surface area contributed by atoms with Gasteiger partial charge in [0.05, 0.1) is 11.6 Å². The third kappa shape index (κ3) is 6.64. The number of halogens is 4. The van der Waals surface area contributed by atoms with Gasteiger partial charge < -0.3 is 15.1 Å². The standard InChI is InChI=1S/C27H29F4N5O3S/c1-18(19-8-10-23(22(28)16-19)34(2)40(38)39)26(37)32-17-20-9-11-24(27(29,30)31)33-25(20)36-14-12-35(13-15-36)21-6-4-3-5-7-21/h3-11,16,18,40H,12-15,17H2,1-2H3,(H,32,37). The summed E-state index contributed by atoms with van der Waals surface area (Å²) in [6, 6.07) is 15.7. The number of nitrogens with zero attached hydrogens (tertiary/aromatic N) is 4. The second-order valence-electron chi connectivity index (χ2n) is 9.40. The van der Waals surface area contributed by atoms with E-state index in [1.807, 2.05) is 30.3 Å². The highest BCUT2D eigenvalue weighted by molar-refractivity contribution is 7.74. The second kappa shape index (κ2) is 12.1. The molecule has 40 heavy (non-hydrogen) atoms. The summed E-state index contributed by atoms with van der Waals surface area (Å²) in [6.07, 6.45) is -4.62. The molecule has 1 amide bonds. The molecule has 214 valence electrons. The first kappa shape index (κ1) is 29.1. The number of benzene rings is 2. The highest BCUT2D eigenvalue weighted by Gasteiger charge is 2.34. The van der Waals surface area contributed by atoms with Gasteiger partial charge in [-0.25, -0.2) is 17.8 Å². The predicted molar refractivity (Wildman–Crippen MR) is 145 cm³/mol. The summed E-state index contributed by atoms with van der Waals surface area (Å²) >= 11 is 0. The van der Waals surface area contributed by atoms with Gasteiger partial charge in [-0.05, 0) is 42.8 Å². The summed E-state index contributed by atoms with van der Waals surface area (Å²) in [6.45, 7) is 3.52. The molecule has 0 spiro atoms. The third-order valence-corrected chi connectivity index (χ3v) is 7.56. The zero-order chi connectivity index (χ0) is 29.0. The number of carbonyl (C=O) groups excluding carboxylic acids is 1. The number of amides is 1. The molecule has 1 aliphatic heterocycles. The molecule has 1 unspecified atom stereocenters. The lowest BCUT2D eigenvalue weighted by Crippen LogP contribution is -2.47. The molecule has 0 saturated carbocycles. The summed E-state index contributed by atoms with van der Waals surface area (Å²) in [4.78, 5) is 20.8. The molecule has 1 N–H and O–H groups in total. The SMILES string of the molecule is CC(C(=O)NCc1ccc(C(F)(F)F)nc1N1CCN(c2ccccc2)CC1)c1ccc(N(C)[SH](=O)=O)c(F)c1. The van der Waals surface area contributed by atoms with Gasteiger partial charge in [0.15, 0.2) is 0 Å². The Kier molecular flexibility index (Phi) is 8.82. The topological polar surface area (TPSA) is 85.8 Å². The van der Waals surface area contributed by atoms with Gasteiger partial charge >= 0.3 is 6.18 Å². The Morgan fingerprint density at radius 3 is 2.27 bits per heavy atom. The maximum Gasteiger partial charge on any atom is 0.433 e. The minimum atomic E-state index is -4.62. The van der Waals surface area contributed by atoms with E-state index in [9.17, 15) is 30.8 Å². The smallest absolute Gasteiger partial charge is 0.368 e. The van der Waals surface area contributed by atoms with Gasteiger partial charge in [0.1, 0.15) is 17.3 Å². The Morgan fingerprint density at radius 1 is 1.02 bits per heavy atom. The second-order valence-corrected chi connectivity index (χ2v) is 10.5. The van der Waals surface area contributed by atoms with Crippen molar-refractivity contribution in [3.05, 3.63) is 83.3 Å². The average molecular weight is 580 g/mol. The largest absolute Gasteiger partial charge is 0.433 e. The Labute approximate surface area is 231 Å². The van der Waals surface area contributed by atoms with Crippen molar-refractivity contribution in [2.75, 3.05) is 47.3 Å². The van der Waals surface area contributed by atoms with Crippen molar-refractivity contribution >= 4 is 34.0 Å². The van der Waals surface area contributed by atoms with Crippen LogP contribution in [-0.2, 0) is 28.4 Å². The molecule has 0 bridgehead atoms. The number of carbonyl (C=O) groups is 1. The third-order valence-electron chi connectivity index (χ3n) is 6.86. The van der Waals surface area contributed by atoms with Gasteiger partial charge in [0.2, 0.25) is 16.8 Å². The van der Waals surface area contributed by atoms with Crippen LogP contribution in [0.4, 0.5) is 34.8 Å². The van der Waals surface area contributed by atoms with Crippen LogP contribution in [0.3, 0.4) is 0 Å². The highest BCUT2D eigenvalue weighted by Crippen LogP contribution is 2.32. The summed E-state index contributed by atoms with van der Waals surface area (Å²) in [5.41, 5.74) is 0.593. The first-order valence-electron chi connectivity index (χ1n) is 12.5. The van der Waals surface area contributed by atoms with Gasteiger partial charge in [-0.2, -0.15) is 13.2 Å². The van der Waals surface area contributed by atoms with Crippen molar-refractivity contribution in [2.24, 2.45) is 0 Å². The number of nitrogens with one attached hydrogen (secondary N) is 1. The molecule has 0 radical (unpaired) electrons. The fraction of sp³-hybridized carbons (Fsp3) is 0.333. The number of para-hydroxylation sites is 1. The summed E-state index contributed by atoms with van der Waals surface area (Å²) < 4.78 is 78.0. The zero-order valence-corrected chi connectivity index (χ0v) is 22.8. The number of hydrogen-bond donors (Lipinski definition) is 2. The van der Waals surface area contributed by atoms with E-state index in [0.29, 0.717) is 37.3 Å². The molecule has 1 fully saturated rings. The van der Waals surface area contributed by atoms with Crippen molar-refractivity contribution in [3.8, 4) is 0 Å². The first-order valence-corrected chi connectivity index (χ1v) is 13.7. The van der Waals surface area contributed by atoms with Gasteiger partial charge in [-0.1, -0.05) is 30.3 Å². The van der Waals surface area contributed by atoms with Crippen LogP contribution >= 0.6 is 0 Å². The van der Waals surface area contributed by atoms with Crippen LogP contribution in [0.5, 0.6) is 0 Å². The van der Waals surface area contributed by atoms with E-state index in [0.717, 1.165) is 22.1 Å². The zero-order valence-electron chi connectivity index (χ0n) is 21.9. The van der Waals surface area contributed by atoms with Gasteiger partial charge in [0, 0.05) is 51.0 Å². The molecule has 3 aromatic rings. The average Bonchev–Trinajstić information content (AvgIpc) is 2.95. The fourth-order valence-electron chi connectivity index (χ4n) is 4.49. The van der Waals surface area contributed by atoms with E-state index in [4.69, 9.17) is 0 Å². The van der Waals surface area contributed by atoms with Crippen LogP contribution in [0.15, 0.2) is 60.7 Å². The molecule has 1 aliphatic rings. The molecule has 2 heterocycles. The van der Waals surface area contributed by atoms with Crippen molar-refractivity contribution in [2.45, 2.75) is 25.6 Å². The number of alkyl halides is 3. The minimum Gasteiger partial charge on any atom is -0.368 e. The first-order chi connectivity index (χ1) is 19.0. The molecule has 4 rings (SSSR count). The number of anilines is 3. The van der Waals surface area contributed by atoms with Crippen molar-refractivity contribution < 1.29 is 30.8 Å². The van der Waals surface area contributed by atoms with E-state index in [1.54, 1.807) is 11.8 Å². The van der Waals surface area contributed by atoms with Crippen molar-refractivity contribution in [1.29, 1.82) is 0 Å². The predicted octanol–water partition coefficient (Wildman–Crippen LogP) is 3.95. The van der Waals surface area contributed by atoms with E-state index in [-0.39, 0.29) is 18.1 Å². The molecular formula is C27H29F4N5O3S. The maximum atomic E-state index is 14.5. The van der Waals surface area contributed by atoms with Gasteiger partial charge in [-0.3, -0.25) is 9.10 Å². The molecule has 1 aromatic heterocycles. The molecule has 0 aliphatic carbocycles. The number of pyridine rings is 1. The molecule has 1 saturated heterocycles. The lowest BCUT2D eigenvalue weighted by atomic mass is 9.99. The van der Waals surface area contributed by atoms with Crippen molar-refractivity contribution in [1.82, 2.24) is 10.3 Å². The summed E-state index contributed by atoms with van der Waals surface area (Å²) in [5.74, 6) is -1.94. The monoisotopic (exact) mass is 579 g/mol. The van der Waals surface area contributed by atoms with Crippen LogP contribution in [0, 0.1) is 5.82 Å². The molecule has 1 atom stereocenters. The lowest BCUT2D eigenvalue weighted by Gasteiger charge is -2.37. The van der Waals surface area contributed by atoms with E-state index < -0.39 is 40.4 Å². The Morgan fingerprint density at radius 2 is 1.68 bits per heavy atom. The van der Waals surface area contributed by atoms with Crippen LogP contribution in [0.25, 0.3) is 0 Å². The molecular weight excluding hydrogens is 550 g/mol. The Bertz CT molecular complexity index is 1420. The highest BCUT2D eigenvalue weighted by atomic mass is 32.2. The van der Waals surface area contributed by atoms with E-state index in [1.165, 1.54) is 25.2 Å². The van der Waals surface area contributed by atoms with Gasteiger partial charge in [-0.15, -0.1) is 0 Å². The molecule has 8 nitrogen and oxygen atoms in total. The van der Waals surface area contributed by atoms with E-state index in [2.05, 4.69) is 15.2 Å². The van der Waals surface area contributed by atoms with E-state index >= 15 is 0 Å². The molecule has 13 heteroatoms. The quantitative estimate of drug-likeness (QED) is 0.311. The van der Waals surface area contributed by atoms with Crippen molar-refractivity contribution in [3.63, 3.8) is 0 Å². The number of hydrogen-bond acceptors (Lipinski definition) is 6. The number of piperazine rings is 1. The normalized spacial score (nSPS) is 14.8. The summed E-state index contributed by atoms with van der Waals surface area (Å²) in [5, 5.41) is 2.72. The van der Waals surface area contributed by atoms with Crippen LogP contribution in [0.2, 0.25) is 0 Å². The fourth-order valence-corrected chi connectivity index (χ4v) is 4.83. The Balaban J connectivity index is 1.49. The number of rotatable bonds is 8. The number of aromatic nitrogens is 1. The maximum absolute atomic E-state index is 14.5. The molecule has 2 aromatic carbocycles. The van der Waals surface area contributed by atoms with Crippen LogP contribution in [-0.4, -0.2) is 52.5 Å². The van der Waals surface area contributed by atoms with Crippen LogP contribution in [0.1, 0.15) is 29.7 Å². The minimum absolute atomic E-state index is 0.0808. The summed E-state index contributed by atoms with van der Waals surface area (Å²) in [7, 11) is -1.82. The van der Waals surface area contributed by atoms with Gasteiger partial charge in [0.25, 0.3) is 0 Å². The van der Waals surface area contributed by atoms with Crippen LogP contribution < -0.4 is 19.4 Å².